The molecule has 5 heteroatoms. The standard InChI is InChI=1S/C51H30N4S/c1-3-16-32(17-4-1)49-52-50(33-18-5-2-6-19-33)54-51(53-49)55-42-26-14-13-25-40(42)44-43(55)30-41(35-28-27-31-15-7-8-20-34(31)29-35)46-45-38-23-11-9-21-36(38)37-22-10-12-24-39(37)47(45)56-48(44)46/h1-30H. The monoisotopic (exact) mass is 730 g/mol. The second-order valence-electron chi connectivity index (χ2n) is 14.3. The minimum Gasteiger partial charge on any atom is -0.278 e. The summed E-state index contributed by atoms with van der Waals surface area (Å²) >= 11 is 1.90. The van der Waals surface area contributed by atoms with Crippen LogP contribution >= 0.6 is 11.3 Å². The molecule has 3 aromatic heterocycles. The van der Waals surface area contributed by atoms with Gasteiger partial charge in [-0.3, -0.25) is 4.57 Å². The highest BCUT2D eigenvalue weighted by molar-refractivity contribution is 7.28. The van der Waals surface area contributed by atoms with Gasteiger partial charge in [0, 0.05) is 47.5 Å². The lowest BCUT2D eigenvalue weighted by Gasteiger charge is -2.13. The molecule has 0 fully saturated rings. The second kappa shape index (κ2) is 12.2. The van der Waals surface area contributed by atoms with Crippen LogP contribution in [0.3, 0.4) is 0 Å². The fraction of sp³-hybridized carbons (Fsp3) is 0. The van der Waals surface area contributed by atoms with Crippen molar-refractivity contribution in [1.82, 2.24) is 19.5 Å². The van der Waals surface area contributed by atoms with Gasteiger partial charge in [0.1, 0.15) is 0 Å². The van der Waals surface area contributed by atoms with Crippen LogP contribution < -0.4 is 0 Å². The zero-order chi connectivity index (χ0) is 36.7. The molecule has 0 atom stereocenters. The van der Waals surface area contributed by atoms with Crippen LogP contribution in [0.5, 0.6) is 0 Å². The van der Waals surface area contributed by atoms with Gasteiger partial charge in [-0.2, -0.15) is 9.97 Å². The number of hydrogen-bond donors (Lipinski definition) is 0. The first kappa shape index (κ1) is 31.2. The predicted octanol–water partition coefficient (Wildman–Crippen LogP) is 13.8. The molecule has 0 spiro atoms. The van der Waals surface area contributed by atoms with Crippen molar-refractivity contribution in [2.45, 2.75) is 0 Å². The van der Waals surface area contributed by atoms with E-state index in [2.05, 4.69) is 150 Å². The van der Waals surface area contributed by atoms with Gasteiger partial charge in [-0.1, -0.05) is 164 Å². The maximum Gasteiger partial charge on any atom is 0.238 e. The van der Waals surface area contributed by atoms with Crippen molar-refractivity contribution in [2.75, 3.05) is 0 Å². The summed E-state index contributed by atoms with van der Waals surface area (Å²) in [6, 6.07) is 64.8. The number of para-hydroxylation sites is 1. The summed E-state index contributed by atoms with van der Waals surface area (Å²) in [7, 11) is 0. The Morgan fingerprint density at radius 2 is 0.929 bits per heavy atom. The molecule has 260 valence electrons. The maximum absolute atomic E-state index is 5.26. The summed E-state index contributed by atoms with van der Waals surface area (Å²) in [5, 5.41) is 12.5. The predicted molar refractivity (Wildman–Crippen MR) is 236 cm³/mol. The molecule has 0 saturated carbocycles. The number of thiophene rings is 1. The highest BCUT2D eigenvalue weighted by atomic mass is 32.1. The van der Waals surface area contributed by atoms with Crippen LogP contribution in [0.15, 0.2) is 182 Å². The summed E-state index contributed by atoms with van der Waals surface area (Å²) in [4.78, 5) is 15.6. The lowest BCUT2D eigenvalue weighted by atomic mass is 9.92. The molecular weight excluding hydrogens is 701 g/mol. The highest BCUT2D eigenvalue weighted by Gasteiger charge is 2.25. The molecule has 3 heterocycles. The van der Waals surface area contributed by atoms with Gasteiger partial charge >= 0.3 is 0 Å². The van der Waals surface area contributed by atoms with Crippen LogP contribution in [0, 0.1) is 0 Å². The minimum atomic E-state index is 0.588. The fourth-order valence-electron chi connectivity index (χ4n) is 8.70. The molecule has 12 aromatic rings. The van der Waals surface area contributed by atoms with E-state index in [1.54, 1.807) is 0 Å². The molecular formula is C51H30N4S. The van der Waals surface area contributed by atoms with Gasteiger partial charge in [0.15, 0.2) is 11.6 Å². The topological polar surface area (TPSA) is 43.6 Å². The number of nitrogens with zero attached hydrogens (tertiary/aromatic N) is 4. The summed E-state index contributed by atoms with van der Waals surface area (Å²) in [6.45, 7) is 0. The normalized spacial score (nSPS) is 11.9. The van der Waals surface area contributed by atoms with Crippen molar-refractivity contribution in [3.8, 4) is 39.9 Å². The van der Waals surface area contributed by atoms with Crippen molar-refractivity contribution >= 4 is 85.6 Å². The Hall–Kier alpha value is -7.21. The number of hydrogen-bond acceptors (Lipinski definition) is 4. The Morgan fingerprint density at radius 3 is 1.64 bits per heavy atom. The van der Waals surface area contributed by atoms with E-state index in [9.17, 15) is 0 Å². The van der Waals surface area contributed by atoms with Crippen molar-refractivity contribution < 1.29 is 0 Å². The van der Waals surface area contributed by atoms with Gasteiger partial charge in [0.05, 0.1) is 11.0 Å². The molecule has 0 aliphatic carbocycles. The molecule has 12 rings (SSSR count). The Kier molecular flexibility index (Phi) is 6.76. The highest BCUT2D eigenvalue weighted by Crippen LogP contribution is 2.51. The van der Waals surface area contributed by atoms with Gasteiger partial charge in [-0.25, -0.2) is 4.98 Å². The van der Waals surface area contributed by atoms with Gasteiger partial charge in [-0.15, -0.1) is 11.3 Å². The Balaban J connectivity index is 1.28. The van der Waals surface area contributed by atoms with E-state index in [1.807, 2.05) is 47.7 Å². The van der Waals surface area contributed by atoms with E-state index in [-0.39, 0.29) is 0 Å². The second-order valence-corrected chi connectivity index (χ2v) is 15.4. The molecule has 0 saturated heterocycles. The molecule has 0 unspecified atom stereocenters. The van der Waals surface area contributed by atoms with E-state index < -0.39 is 0 Å². The van der Waals surface area contributed by atoms with Gasteiger partial charge in [-0.05, 0) is 56.3 Å². The minimum absolute atomic E-state index is 0.588. The molecule has 0 aliphatic heterocycles. The van der Waals surface area contributed by atoms with E-state index in [0.29, 0.717) is 17.6 Å². The number of fused-ring (bicyclic) bond motifs is 13. The molecule has 0 amide bonds. The van der Waals surface area contributed by atoms with Crippen LogP contribution in [0.4, 0.5) is 0 Å². The number of rotatable bonds is 4. The van der Waals surface area contributed by atoms with Gasteiger partial charge in [0.25, 0.3) is 0 Å². The van der Waals surface area contributed by atoms with Gasteiger partial charge in [0.2, 0.25) is 5.95 Å². The van der Waals surface area contributed by atoms with Crippen molar-refractivity contribution in [2.24, 2.45) is 0 Å². The lowest BCUT2D eigenvalue weighted by Crippen LogP contribution is -2.06. The molecule has 0 bridgehead atoms. The smallest absolute Gasteiger partial charge is 0.238 e. The van der Waals surface area contributed by atoms with E-state index in [0.717, 1.165) is 22.2 Å². The Morgan fingerprint density at radius 1 is 0.357 bits per heavy atom. The molecule has 56 heavy (non-hydrogen) atoms. The van der Waals surface area contributed by atoms with Crippen molar-refractivity contribution in [3.05, 3.63) is 182 Å². The summed E-state index contributed by atoms with van der Waals surface area (Å²) in [5.74, 6) is 1.86. The lowest BCUT2D eigenvalue weighted by molar-refractivity contribution is 0.954. The van der Waals surface area contributed by atoms with Crippen molar-refractivity contribution in [1.29, 1.82) is 0 Å². The summed E-state index contributed by atoms with van der Waals surface area (Å²) in [5.41, 5.74) is 6.36. The molecule has 4 nitrogen and oxygen atoms in total. The van der Waals surface area contributed by atoms with E-state index in [1.165, 1.54) is 74.4 Å². The molecule has 0 aliphatic rings. The third kappa shape index (κ3) is 4.62. The fourth-order valence-corrected chi connectivity index (χ4v) is 10.1. The largest absolute Gasteiger partial charge is 0.278 e. The Bertz CT molecular complexity index is 3470. The quantitative estimate of drug-likeness (QED) is 0.169. The van der Waals surface area contributed by atoms with Crippen LogP contribution in [0.1, 0.15) is 0 Å². The SMILES string of the molecule is c1ccc(-c2nc(-c3ccccc3)nc(-n3c4ccccc4c4c5sc6c7ccccc7c7ccccc7c6c5c(-c5ccc6ccccc6c5)cc43)n2)cc1. The molecule has 0 radical (unpaired) electrons. The average molecular weight is 731 g/mol. The number of aromatic nitrogens is 4. The maximum atomic E-state index is 5.26. The van der Waals surface area contributed by atoms with E-state index >= 15 is 0 Å². The first-order valence-corrected chi connectivity index (χ1v) is 19.7. The average Bonchev–Trinajstić information content (AvgIpc) is 3.84. The van der Waals surface area contributed by atoms with Crippen LogP contribution in [0.25, 0.3) is 114 Å². The van der Waals surface area contributed by atoms with Crippen LogP contribution in [0.2, 0.25) is 0 Å². The first-order chi connectivity index (χ1) is 27.8. The molecule has 0 N–H and O–H groups in total. The number of benzene rings is 9. The van der Waals surface area contributed by atoms with Crippen LogP contribution in [-0.2, 0) is 0 Å². The van der Waals surface area contributed by atoms with E-state index in [4.69, 9.17) is 15.0 Å². The molecule has 9 aromatic carbocycles. The third-order valence-corrected chi connectivity index (χ3v) is 12.4. The first-order valence-electron chi connectivity index (χ1n) is 18.9. The van der Waals surface area contributed by atoms with Crippen molar-refractivity contribution in [3.63, 3.8) is 0 Å². The van der Waals surface area contributed by atoms with Gasteiger partial charge < -0.3 is 0 Å². The van der Waals surface area contributed by atoms with Crippen LogP contribution in [-0.4, -0.2) is 19.5 Å². The summed E-state index contributed by atoms with van der Waals surface area (Å²) in [6.07, 6.45) is 0. The zero-order valence-corrected chi connectivity index (χ0v) is 30.8. The Labute approximate surface area is 325 Å². The summed E-state index contributed by atoms with van der Waals surface area (Å²) < 4.78 is 4.83. The third-order valence-electron chi connectivity index (χ3n) is 11.2. The zero-order valence-electron chi connectivity index (χ0n) is 30.0.